The van der Waals surface area contributed by atoms with Crippen molar-refractivity contribution in [2.24, 2.45) is 5.92 Å². The van der Waals surface area contributed by atoms with Crippen molar-refractivity contribution in [3.05, 3.63) is 93.0 Å². The molecule has 1 aliphatic carbocycles. The molecule has 37 heavy (non-hydrogen) atoms. The molecule has 0 bridgehead atoms. The Labute approximate surface area is 226 Å². The van der Waals surface area contributed by atoms with Gasteiger partial charge in [0.15, 0.2) is 0 Å². The molecule has 0 saturated heterocycles. The van der Waals surface area contributed by atoms with Gasteiger partial charge in [0.05, 0.1) is 27.8 Å². The predicted molar refractivity (Wildman–Crippen MR) is 132 cm³/mol. The molecule has 0 unspecified atom stereocenters. The summed E-state index contributed by atoms with van der Waals surface area (Å²) in [6.07, 6.45) is -4.65. The van der Waals surface area contributed by atoms with Gasteiger partial charge in [0.2, 0.25) is 5.91 Å². The second-order valence-corrected chi connectivity index (χ2v) is 10.4. The number of amides is 2. The maximum absolute atomic E-state index is 13.9. The molecule has 2 N–H and O–H groups in total. The molecule has 0 heterocycles. The summed E-state index contributed by atoms with van der Waals surface area (Å²) in [5.74, 6) is -5.65. The highest BCUT2D eigenvalue weighted by molar-refractivity contribution is 6.54. The molecule has 3 aromatic rings. The van der Waals surface area contributed by atoms with Crippen LogP contribution in [0, 0.1) is 17.6 Å². The largest absolute Gasteiger partial charge is 0.416 e. The van der Waals surface area contributed by atoms with Crippen LogP contribution in [0.2, 0.25) is 10.0 Å². The topological polar surface area (TPSA) is 58.2 Å². The Morgan fingerprint density at radius 1 is 0.865 bits per heavy atom. The molecular weight excluding hydrogens is 585 g/mol. The van der Waals surface area contributed by atoms with Crippen LogP contribution in [0.4, 0.5) is 33.3 Å². The zero-order valence-corrected chi connectivity index (χ0v) is 21.1. The van der Waals surface area contributed by atoms with Gasteiger partial charge in [0.1, 0.15) is 16.0 Å². The number of rotatable bonds is 5. The monoisotopic (exact) mass is 596 g/mol. The molecule has 1 fully saturated rings. The van der Waals surface area contributed by atoms with E-state index in [1.807, 2.05) is 0 Å². The first kappa shape index (κ1) is 27.4. The van der Waals surface area contributed by atoms with Crippen molar-refractivity contribution >= 4 is 69.6 Å². The van der Waals surface area contributed by atoms with Crippen molar-refractivity contribution in [1.29, 1.82) is 0 Å². The zero-order valence-electron chi connectivity index (χ0n) is 18.1. The van der Waals surface area contributed by atoms with Gasteiger partial charge in [0, 0.05) is 22.7 Å². The van der Waals surface area contributed by atoms with Gasteiger partial charge in [-0.15, -0.1) is 23.2 Å². The highest BCUT2D eigenvalue weighted by Gasteiger charge is 2.68. The van der Waals surface area contributed by atoms with Gasteiger partial charge in [-0.25, -0.2) is 8.78 Å². The first-order valence-corrected chi connectivity index (χ1v) is 11.8. The van der Waals surface area contributed by atoms with Crippen molar-refractivity contribution in [2.45, 2.75) is 16.4 Å². The van der Waals surface area contributed by atoms with Crippen LogP contribution >= 0.6 is 46.4 Å². The average molecular weight is 598 g/mol. The summed E-state index contributed by atoms with van der Waals surface area (Å²) in [4.78, 5) is 25.6. The SMILES string of the molecule is O=C(Nc1ccc(F)cc1F)c1cc(NC(=O)[C@H]2[C@H](c3cc(C(F)(F)F)ccc3Cl)C2(Cl)Cl)ccc1Cl. The van der Waals surface area contributed by atoms with Gasteiger partial charge >= 0.3 is 6.18 Å². The molecular formula is C24H13Cl4F5N2O2. The molecule has 2 amide bonds. The van der Waals surface area contributed by atoms with E-state index in [0.717, 1.165) is 30.3 Å². The number of anilines is 2. The Bertz CT molecular complexity index is 1410. The lowest BCUT2D eigenvalue weighted by molar-refractivity contribution is -0.137. The summed E-state index contributed by atoms with van der Waals surface area (Å²) in [5, 5.41) is 4.66. The molecule has 194 valence electrons. The minimum absolute atomic E-state index is 0.0397. The quantitative estimate of drug-likeness (QED) is 0.231. The number of alkyl halides is 5. The fourth-order valence-corrected chi connectivity index (χ4v) is 5.03. The standard InChI is InChI=1S/C24H13Cl4F5N2O2/c25-15-4-1-10(24(31,32)33)7-13(15)19-20(23(19,27)28)22(37)34-12-3-5-16(26)14(9-12)21(36)35-18-6-2-11(29)8-17(18)30/h1-9,19-20H,(H,34,37)(H,35,36)/t19-,20+/m0/s1. The summed E-state index contributed by atoms with van der Waals surface area (Å²) in [5.41, 5.74) is -1.40. The van der Waals surface area contributed by atoms with E-state index < -0.39 is 51.4 Å². The number of carbonyl (C=O) groups is 2. The van der Waals surface area contributed by atoms with E-state index >= 15 is 0 Å². The molecule has 0 aromatic heterocycles. The molecule has 0 aliphatic heterocycles. The fraction of sp³-hybridized carbons (Fsp3) is 0.167. The number of hydrogen-bond acceptors (Lipinski definition) is 2. The number of halogens is 9. The van der Waals surface area contributed by atoms with E-state index in [2.05, 4.69) is 10.6 Å². The Hall–Kier alpha value is -2.59. The third kappa shape index (κ3) is 5.65. The van der Waals surface area contributed by atoms with Crippen LogP contribution in [-0.2, 0) is 11.0 Å². The summed E-state index contributed by atoms with van der Waals surface area (Å²) >= 11 is 24.6. The van der Waals surface area contributed by atoms with E-state index in [0.29, 0.717) is 6.07 Å². The first-order valence-electron chi connectivity index (χ1n) is 10.3. The first-order chi connectivity index (χ1) is 17.2. The second-order valence-electron chi connectivity index (χ2n) is 8.13. The third-order valence-corrected chi connectivity index (χ3v) is 7.27. The Balaban J connectivity index is 1.54. The minimum Gasteiger partial charge on any atom is -0.326 e. The molecule has 1 aliphatic rings. The molecule has 3 aromatic carbocycles. The van der Waals surface area contributed by atoms with Crippen molar-refractivity contribution < 1.29 is 31.5 Å². The van der Waals surface area contributed by atoms with Crippen LogP contribution in [0.5, 0.6) is 0 Å². The van der Waals surface area contributed by atoms with Gasteiger partial charge in [-0.3, -0.25) is 9.59 Å². The van der Waals surface area contributed by atoms with Crippen LogP contribution < -0.4 is 10.6 Å². The predicted octanol–water partition coefficient (Wildman–Crippen LogP) is 8.07. The fourth-order valence-electron chi connectivity index (χ4n) is 3.78. The van der Waals surface area contributed by atoms with Crippen molar-refractivity contribution in [1.82, 2.24) is 0 Å². The minimum atomic E-state index is -4.65. The average Bonchev–Trinajstić information content (AvgIpc) is 3.38. The summed E-state index contributed by atoms with van der Waals surface area (Å²) in [7, 11) is 0. The molecule has 2 atom stereocenters. The lowest BCUT2D eigenvalue weighted by atomic mass is 10.0. The van der Waals surface area contributed by atoms with E-state index in [1.165, 1.54) is 18.2 Å². The zero-order chi connectivity index (χ0) is 27.3. The Kier molecular flexibility index (Phi) is 7.38. The van der Waals surface area contributed by atoms with E-state index in [1.54, 1.807) is 0 Å². The van der Waals surface area contributed by atoms with Gasteiger partial charge < -0.3 is 10.6 Å². The van der Waals surface area contributed by atoms with Crippen molar-refractivity contribution in [3.63, 3.8) is 0 Å². The van der Waals surface area contributed by atoms with Crippen molar-refractivity contribution in [2.75, 3.05) is 10.6 Å². The lowest BCUT2D eigenvalue weighted by Gasteiger charge is -2.11. The molecule has 1 saturated carbocycles. The molecule has 4 rings (SSSR count). The van der Waals surface area contributed by atoms with Crippen molar-refractivity contribution in [3.8, 4) is 0 Å². The smallest absolute Gasteiger partial charge is 0.326 e. The molecule has 0 spiro atoms. The van der Waals surface area contributed by atoms with Gasteiger partial charge in [-0.2, -0.15) is 13.2 Å². The van der Waals surface area contributed by atoms with Gasteiger partial charge in [-0.1, -0.05) is 23.2 Å². The van der Waals surface area contributed by atoms with Gasteiger partial charge in [-0.05, 0) is 54.1 Å². The number of benzene rings is 3. The van der Waals surface area contributed by atoms with E-state index in [-0.39, 0.29) is 32.5 Å². The molecule has 4 nitrogen and oxygen atoms in total. The summed E-state index contributed by atoms with van der Waals surface area (Å²) in [6, 6.07) is 9.02. The lowest BCUT2D eigenvalue weighted by Crippen LogP contribution is -2.18. The molecule has 13 heteroatoms. The van der Waals surface area contributed by atoms with E-state index in [4.69, 9.17) is 46.4 Å². The van der Waals surface area contributed by atoms with Crippen LogP contribution in [0.25, 0.3) is 0 Å². The van der Waals surface area contributed by atoms with Crippen LogP contribution in [-0.4, -0.2) is 16.1 Å². The highest BCUT2D eigenvalue weighted by Crippen LogP contribution is 2.66. The third-order valence-electron chi connectivity index (χ3n) is 5.65. The van der Waals surface area contributed by atoms with Gasteiger partial charge in [0.25, 0.3) is 5.91 Å². The Morgan fingerprint density at radius 2 is 1.54 bits per heavy atom. The molecule has 0 radical (unpaired) electrons. The summed E-state index contributed by atoms with van der Waals surface area (Å²) < 4.78 is 64.8. The number of nitrogens with one attached hydrogen (secondary N) is 2. The van der Waals surface area contributed by atoms with Crippen LogP contribution in [0.3, 0.4) is 0 Å². The number of carbonyl (C=O) groups excluding carboxylic acids is 2. The van der Waals surface area contributed by atoms with Crippen LogP contribution in [0.15, 0.2) is 54.6 Å². The maximum Gasteiger partial charge on any atom is 0.416 e. The maximum atomic E-state index is 13.9. The number of hydrogen-bond donors (Lipinski definition) is 2. The summed E-state index contributed by atoms with van der Waals surface area (Å²) in [6.45, 7) is 0. The van der Waals surface area contributed by atoms with E-state index in [9.17, 15) is 31.5 Å². The van der Waals surface area contributed by atoms with Crippen LogP contribution in [0.1, 0.15) is 27.4 Å². The second kappa shape index (κ2) is 9.94. The Morgan fingerprint density at radius 3 is 2.19 bits per heavy atom. The highest BCUT2D eigenvalue weighted by atomic mass is 35.5. The normalized spacial score (nSPS) is 18.3.